The van der Waals surface area contributed by atoms with Crippen molar-refractivity contribution in [3.8, 4) is 5.75 Å². The first-order valence-electron chi connectivity index (χ1n) is 7.29. The number of carbonyl (C=O) groups excluding carboxylic acids is 2. The molecular formula is C18H10Br2ClNO4. The summed E-state index contributed by atoms with van der Waals surface area (Å²) in [4.78, 5) is 27.8. The minimum absolute atomic E-state index is 0.0911. The van der Waals surface area contributed by atoms with Gasteiger partial charge in [0.15, 0.2) is 11.4 Å². The topological polar surface area (TPSA) is 65.0 Å². The largest absolute Gasteiger partial charge is 0.425 e. The summed E-state index contributed by atoms with van der Waals surface area (Å²) in [6.45, 7) is 1.30. The molecule has 0 amide bonds. The minimum Gasteiger partial charge on any atom is -0.425 e. The molecule has 3 rings (SSSR count). The lowest BCUT2D eigenvalue weighted by Gasteiger charge is -2.09. The van der Waals surface area contributed by atoms with Gasteiger partial charge < -0.3 is 9.47 Å². The zero-order valence-corrected chi connectivity index (χ0v) is 17.2. The predicted molar refractivity (Wildman–Crippen MR) is 105 cm³/mol. The van der Waals surface area contributed by atoms with Crippen LogP contribution in [0, 0.1) is 0 Å². The van der Waals surface area contributed by atoms with Gasteiger partial charge in [-0.05, 0) is 58.4 Å². The molecule has 0 N–H and O–H groups in total. The Bertz CT molecular complexity index is 968. The van der Waals surface area contributed by atoms with Crippen molar-refractivity contribution in [2.24, 2.45) is 4.99 Å². The van der Waals surface area contributed by atoms with E-state index < -0.39 is 11.9 Å². The van der Waals surface area contributed by atoms with Crippen LogP contribution in [0.4, 0.5) is 0 Å². The van der Waals surface area contributed by atoms with Crippen LogP contribution in [-0.4, -0.2) is 17.8 Å². The van der Waals surface area contributed by atoms with Gasteiger partial charge in [-0.3, -0.25) is 4.79 Å². The Morgan fingerprint density at radius 2 is 1.92 bits per heavy atom. The van der Waals surface area contributed by atoms with E-state index in [1.54, 1.807) is 36.4 Å². The molecule has 26 heavy (non-hydrogen) atoms. The van der Waals surface area contributed by atoms with Crippen molar-refractivity contribution < 1.29 is 19.1 Å². The number of carbonyl (C=O) groups is 2. The second kappa shape index (κ2) is 7.73. The highest BCUT2D eigenvalue weighted by molar-refractivity contribution is 9.11. The maximum Gasteiger partial charge on any atom is 0.363 e. The van der Waals surface area contributed by atoms with Crippen molar-refractivity contribution in [1.82, 2.24) is 0 Å². The van der Waals surface area contributed by atoms with Crippen LogP contribution in [0.1, 0.15) is 18.1 Å². The lowest BCUT2D eigenvalue weighted by atomic mass is 10.1. The van der Waals surface area contributed by atoms with Crippen molar-refractivity contribution in [3.05, 3.63) is 67.2 Å². The Morgan fingerprint density at radius 1 is 1.23 bits per heavy atom. The highest BCUT2D eigenvalue weighted by atomic mass is 79.9. The normalized spacial score (nSPS) is 15.0. The second-order valence-electron chi connectivity index (χ2n) is 5.24. The van der Waals surface area contributed by atoms with Gasteiger partial charge in [0.25, 0.3) is 0 Å². The van der Waals surface area contributed by atoms with Gasteiger partial charge in [-0.2, -0.15) is 0 Å². The lowest BCUT2D eigenvalue weighted by Crippen LogP contribution is -2.05. The zero-order valence-electron chi connectivity index (χ0n) is 13.3. The third-order valence-electron chi connectivity index (χ3n) is 3.29. The number of benzene rings is 2. The average molecular weight is 500 g/mol. The maximum atomic E-state index is 12.2. The number of nitrogens with zero attached hydrogens (tertiary/aromatic N) is 1. The molecule has 1 heterocycles. The van der Waals surface area contributed by atoms with Gasteiger partial charge in [-0.25, -0.2) is 9.79 Å². The van der Waals surface area contributed by atoms with E-state index in [1.807, 2.05) is 0 Å². The van der Waals surface area contributed by atoms with Crippen LogP contribution >= 0.6 is 43.5 Å². The summed E-state index contributed by atoms with van der Waals surface area (Å²) in [5, 5.41) is 0.569. The molecule has 0 radical (unpaired) electrons. The quantitative estimate of drug-likeness (QED) is 0.334. The molecule has 0 bridgehead atoms. The lowest BCUT2D eigenvalue weighted by molar-refractivity contribution is -0.132. The van der Waals surface area contributed by atoms with Crippen LogP contribution in [0.3, 0.4) is 0 Å². The standard InChI is InChI=1S/C18H10Br2ClNO4/c1-9(23)25-16-11(6-12(19)8-14(16)20)7-15-18(24)26-17(22-15)10-2-4-13(21)5-3-10/h2-8H,1H3/b15-7-. The second-order valence-corrected chi connectivity index (χ2v) is 7.45. The molecule has 132 valence electrons. The third kappa shape index (κ3) is 4.23. The van der Waals surface area contributed by atoms with E-state index in [0.717, 1.165) is 4.47 Å². The Hall–Kier alpha value is -1.96. The van der Waals surface area contributed by atoms with E-state index in [1.165, 1.54) is 13.0 Å². The summed E-state index contributed by atoms with van der Waals surface area (Å²) in [5.41, 5.74) is 1.21. The predicted octanol–water partition coefficient (Wildman–Crippen LogP) is 5.13. The van der Waals surface area contributed by atoms with Gasteiger partial charge in [-0.15, -0.1) is 0 Å². The number of hydrogen-bond acceptors (Lipinski definition) is 5. The van der Waals surface area contributed by atoms with Crippen molar-refractivity contribution in [3.63, 3.8) is 0 Å². The van der Waals surface area contributed by atoms with Crippen molar-refractivity contribution in [2.45, 2.75) is 6.92 Å². The third-order valence-corrected chi connectivity index (χ3v) is 4.59. The number of cyclic esters (lactones) is 1. The van der Waals surface area contributed by atoms with Crippen molar-refractivity contribution in [1.29, 1.82) is 0 Å². The Balaban J connectivity index is 2.03. The molecule has 0 unspecified atom stereocenters. The highest BCUT2D eigenvalue weighted by Crippen LogP contribution is 2.35. The number of halogens is 3. The van der Waals surface area contributed by atoms with E-state index in [0.29, 0.717) is 20.6 Å². The Labute approximate surface area is 170 Å². The van der Waals surface area contributed by atoms with Gasteiger partial charge in [-0.1, -0.05) is 27.5 Å². The first-order chi connectivity index (χ1) is 12.3. The van der Waals surface area contributed by atoms with Gasteiger partial charge in [0.05, 0.1) is 4.47 Å². The number of rotatable bonds is 3. The fourth-order valence-corrected chi connectivity index (χ4v) is 3.68. The molecule has 1 aliphatic heterocycles. The van der Waals surface area contributed by atoms with Crippen LogP contribution in [-0.2, 0) is 14.3 Å². The van der Waals surface area contributed by atoms with Crippen LogP contribution in [0.25, 0.3) is 6.08 Å². The molecule has 2 aromatic carbocycles. The highest BCUT2D eigenvalue weighted by Gasteiger charge is 2.25. The summed E-state index contributed by atoms with van der Waals surface area (Å²) in [6.07, 6.45) is 1.50. The van der Waals surface area contributed by atoms with E-state index in [4.69, 9.17) is 21.1 Å². The molecule has 2 aromatic rings. The minimum atomic E-state index is -0.597. The van der Waals surface area contributed by atoms with E-state index in [2.05, 4.69) is 36.9 Å². The van der Waals surface area contributed by atoms with Crippen LogP contribution < -0.4 is 4.74 Å². The van der Waals surface area contributed by atoms with Crippen LogP contribution in [0.15, 0.2) is 56.0 Å². The fourth-order valence-electron chi connectivity index (χ4n) is 2.21. The van der Waals surface area contributed by atoms with Gasteiger partial charge >= 0.3 is 11.9 Å². The first-order valence-corrected chi connectivity index (χ1v) is 9.26. The van der Waals surface area contributed by atoms with E-state index in [-0.39, 0.29) is 17.3 Å². The first kappa shape index (κ1) is 18.8. The average Bonchev–Trinajstić information content (AvgIpc) is 2.92. The molecule has 1 aliphatic rings. The molecule has 0 aliphatic carbocycles. The van der Waals surface area contributed by atoms with E-state index in [9.17, 15) is 9.59 Å². The smallest absolute Gasteiger partial charge is 0.363 e. The van der Waals surface area contributed by atoms with Crippen molar-refractivity contribution in [2.75, 3.05) is 0 Å². The molecular weight excluding hydrogens is 489 g/mol. The fraction of sp³-hybridized carbons (Fsp3) is 0.0556. The van der Waals surface area contributed by atoms with Gasteiger partial charge in [0.2, 0.25) is 5.90 Å². The van der Waals surface area contributed by atoms with E-state index >= 15 is 0 Å². The Morgan fingerprint density at radius 3 is 2.58 bits per heavy atom. The zero-order chi connectivity index (χ0) is 18.8. The molecule has 0 spiro atoms. The number of hydrogen-bond donors (Lipinski definition) is 0. The summed E-state index contributed by atoms with van der Waals surface area (Å²) in [5.74, 6) is -0.607. The monoisotopic (exact) mass is 497 g/mol. The summed E-state index contributed by atoms with van der Waals surface area (Å²) in [6, 6.07) is 10.2. The van der Waals surface area contributed by atoms with Crippen LogP contribution in [0.2, 0.25) is 5.02 Å². The molecule has 8 heteroatoms. The number of ether oxygens (including phenoxy) is 2. The maximum absolute atomic E-state index is 12.2. The molecule has 0 saturated carbocycles. The van der Waals surface area contributed by atoms with Gasteiger partial charge in [0.1, 0.15) is 0 Å². The Kier molecular flexibility index (Phi) is 5.60. The molecule has 0 fully saturated rings. The summed E-state index contributed by atoms with van der Waals surface area (Å²) < 4.78 is 11.8. The molecule has 0 atom stereocenters. The summed E-state index contributed by atoms with van der Waals surface area (Å²) >= 11 is 12.6. The van der Waals surface area contributed by atoms with Crippen molar-refractivity contribution >= 4 is 67.4 Å². The molecule has 0 saturated heterocycles. The van der Waals surface area contributed by atoms with Gasteiger partial charge in [0, 0.05) is 27.5 Å². The van der Waals surface area contributed by atoms with Crippen LogP contribution in [0.5, 0.6) is 5.75 Å². The molecule has 0 aromatic heterocycles. The number of esters is 2. The SMILES string of the molecule is CC(=O)Oc1c(Br)cc(Br)cc1/C=C1\N=C(c2ccc(Cl)cc2)OC1=O. The summed E-state index contributed by atoms with van der Waals surface area (Å²) in [7, 11) is 0. The molecule has 5 nitrogen and oxygen atoms in total. The number of aliphatic imine (C=N–C) groups is 1.